The Morgan fingerprint density at radius 1 is 1.40 bits per heavy atom. The van der Waals surface area contributed by atoms with E-state index in [0.29, 0.717) is 10.7 Å². The van der Waals surface area contributed by atoms with Crippen LogP contribution >= 0.6 is 22.9 Å². The Kier molecular flexibility index (Phi) is 3.37. The monoisotopic (exact) mass is 304 g/mol. The maximum atomic E-state index is 12.1. The largest absolute Gasteiger partial charge is 0.349 e. The highest BCUT2D eigenvalue weighted by Crippen LogP contribution is 2.25. The van der Waals surface area contributed by atoms with E-state index in [1.807, 2.05) is 42.2 Å². The zero-order valence-corrected chi connectivity index (χ0v) is 12.6. The van der Waals surface area contributed by atoms with Crippen molar-refractivity contribution in [3.63, 3.8) is 0 Å². The van der Waals surface area contributed by atoms with Crippen molar-refractivity contribution in [3.8, 4) is 11.4 Å². The van der Waals surface area contributed by atoms with Gasteiger partial charge in [-0.2, -0.15) is 4.37 Å². The number of nitrogens with one attached hydrogen (secondary N) is 1. The van der Waals surface area contributed by atoms with E-state index in [1.54, 1.807) is 5.38 Å². The van der Waals surface area contributed by atoms with Gasteiger partial charge in [0, 0.05) is 24.0 Å². The summed E-state index contributed by atoms with van der Waals surface area (Å²) in [6, 6.07) is 3.96. The summed E-state index contributed by atoms with van der Waals surface area (Å²) in [5.74, 6) is -0.163. The van der Waals surface area contributed by atoms with Crippen molar-refractivity contribution in [1.29, 1.82) is 0 Å². The van der Waals surface area contributed by atoms with Gasteiger partial charge >= 0.3 is 0 Å². The number of aryl methyl sites for hydroxylation is 2. The number of hydrogen-bond donors (Lipinski definition) is 1. The minimum absolute atomic E-state index is 0.163. The van der Waals surface area contributed by atoms with Crippen molar-refractivity contribution >= 4 is 33.9 Å². The van der Waals surface area contributed by atoms with Crippen molar-refractivity contribution in [2.24, 2.45) is 7.05 Å². The van der Waals surface area contributed by atoms with Gasteiger partial charge < -0.3 is 4.57 Å². The first-order valence-corrected chi connectivity index (χ1v) is 7.66. The van der Waals surface area contributed by atoms with Crippen LogP contribution in [0.15, 0.2) is 29.1 Å². The van der Waals surface area contributed by atoms with E-state index in [9.17, 15) is 4.79 Å². The van der Waals surface area contributed by atoms with E-state index in [4.69, 9.17) is 0 Å². The molecule has 1 amide bonds. The Morgan fingerprint density at radius 2 is 2.25 bits per heavy atom. The molecular formula is C13H12N4OS2. The van der Waals surface area contributed by atoms with Crippen LogP contribution in [0.3, 0.4) is 0 Å². The summed E-state index contributed by atoms with van der Waals surface area (Å²) in [5.41, 5.74) is 3.23. The van der Waals surface area contributed by atoms with Gasteiger partial charge in [-0.15, -0.1) is 11.3 Å². The number of aromatic nitrogens is 3. The molecule has 0 aliphatic rings. The molecule has 0 saturated carbocycles. The first-order chi connectivity index (χ1) is 9.65. The molecule has 0 atom stereocenters. The summed E-state index contributed by atoms with van der Waals surface area (Å²) in [6.45, 7) is 1.82. The highest BCUT2D eigenvalue weighted by atomic mass is 32.1. The van der Waals surface area contributed by atoms with Crippen LogP contribution in [0.4, 0.5) is 5.13 Å². The summed E-state index contributed by atoms with van der Waals surface area (Å²) < 4.78 is 6.09. The van der Waals surface area contributed by atoms with Crippen LogP contribution in [0.2, 0.25) is 0 Å². The van der Waals surface area contributed by atoms with Gasteiger partial charge in [0.25, 0.3) is 5.91 Å². The molecule has 0 bridgehead atoms. The lowest BCUT2D eigenvalue weighted by atomic mass is 10.2. The molecule has 0 fully saturated rings. The third-order valence-corrected chi connectivity index (χ3v) is 4.40. The molecule has 0 aliphatic heterocycles. The number of anilines is 1. The predicted octanol–water partition coefficient (Wildman–Crippen LogP) is 3.17. The van der Waals surface area contributed by atoms with Gasteiger partial charge in [0.1, 0.15) is 0 Å². The average Bonchev–Trinajstić information content (AvgIpc) is 3.10. The molecule has 0 unspecified atom stereocenters. The van der Waals surface area contributed by atoms with Gasteiger partial charge in [0.2, 0.25) is 0 Å². The number of hydrogen-bond acceptors (Lipinski definition) is 5. The average molecular weight is 304 g/mol. The van der Waals surface area contributed by atoms with Crippen LogP contribution < -0.4 is 5.32 Å². The molecule has 1 N–H and O–H groups in total. The Balaban J connectivity index is 1.80. The highest BCUT2D eigenvalue weighted by Gasteiger charge is 2.14. The van der Waals surface area contributed by atoms with Gasteiger partial charge in [-0.25, -0.2) is 4.98 Å². The molecule has 0 aromatic carbocycles. The van der Waals surface area contributed by atoms with Crippen LogP contribution in [0.25, 0.3) is 11.4 Å². The molecular weight excluding hydrogens is 292 g/mol. The molecule has 0 spiro atoms. The van der Waals surface area contributed by atoms with E-state index < -0.39 is 0 Å². The van der Waals surface area contributed by atoms with E-state index in [0.717, 1.165) is 17.1 Å². The van der Waals surface area contributed by atoms with Gasteiger partial charge in [0.05, 0.1) is 22.6 Å². The van der Waals surface area contributed by atoms with Crippen molar-refractivity contribution < 1.29 is 4.79 Å². The number of carbonyl (C=O) groups is 1. The lowest BCUT2D eigenvalue weighted by Gasteiger charge is -2.00. The number of rotatable bonds is 3. The molecule has 3 rings (SSSR count). The maximum absolute atomic E-state index is 12.1. The molecule has 20 heavy (non-hydrogen) atoms. The van der Waals surface area contributed by atoms with Crippen LogP contribution in [-0.2, 0) is 7.05 Å². The lowest BCUT2D eigenvalue weighted by Crippen LogP contribution is -2.12. The Hall–Kier alpha value is -1.99. The van der Waals surface area contributed by atoms with Crippen LogP contribution in [0.1, 0.15) is 16.1 Å². The van der Waals surface area contributed by atoms with E-state index in [2.05, 4.69) is 14.7 Å². The molecule has 0 saturated heterocycles. The van der Waals surface area contributed by atoms with Gasteiger partial charge in [-0.05, 0) is 30.6 Å². The van der Waals surface area contributed by atoms with Crippen molar-refractivity contribution in [2.45, 2.75) is 6.92 Å². The Labute approximate surface area is 124 Å². The molecule has 3 heterocycles. The minimum atomic E-state index is -0.163. The summed E-state index contributed by atoms with van der Waals surface area (Å²) in [6.07, 6.45) is 1.97. The first-order valence-electron chi connectivity index (χ1n) is 5.94. The topological polar surface area (TPSA) is 59.8 Å². The summed E-state index contributed by atoms with van der Waals surface area (Å²) in [4.78, 5) is 16.5. The molecule has 5 nitrogen and oxygen atoms in total. The lowest BCUT2D eigenvalue weighted by molar-refractivity contribution is 0.102. The van der Waals surface area contributed by atoms with E-state index in [-0.39, 0.29) is 5.91 Å². The van der Waals surface area contributed by atoms with Crippen LogP contribution in [-0.4, -0.2) is 19.8 Å². The first kappa shape index (κ1) is 13.0. The van der Waals surface area contributed by atoms with Crippen LogP contribution in [0.5, 0.6) is 0 Å². The third kappa shape index (κ3) is 2.37. The van der Waals surface area contributed by atoms with E-state index in [1.165, 1.54) is 22.9 Å². The number of nitrogens with zero attached hydrogens (tertiary/aromatic N) is 3. The zero-order valence-electron chi connectivity index (χ0n) is 11.0. The quantitative estimate of drug-likeness (QED) is 0.808. The summed E-state index contributed by atoms with van der Waals surface area (Å²) in [7, 11) is 1.97. The zero-order chi connectivity index (χ0) is 14.1. The third-order valence-electron chi connectivity index (χ3n) is 2.93. The highest BCUT2D eigenvalue weighted by molar-refractivity contribution is 7.14. The Morgan fingerprint density at radius 3 is 2.90 bits per heavy atom. The van der Waals surface area contributed by atoms with Gasteiger partial charge in [-0.3, -0.25) is 10.1 Å². The fourth-order valence-corrected chi connectivity index (χ4v) is 3.24. The van der Waals surface area contributed by atoms with Gasteiger partial charge in [0.15, 0.2) is 5.13 Å². The fraction of sp³-hybridized carbons (Fsp3) is 0.154. The molecule has 3 aromatic rings. The molecule has 0 aliphatic carbocycles. The number of thiazole rings is 1. The van der Waals surface area contributed by atoms with E-state index >= 15 is 0 Å². The number of carbonyl (C=O) groups excluding carboxylic acids is 1. The van der Waals surface area contributed by atoms with Crippen LogP contribution in [0, 0.1) is 6.92 Å². The molecule has 3 aromatic heterocycles. The smallest absolute Gasteiger partial charge is 0.260 e. The summed E-state index contributed by atoms with van der Waals surface area (Å²) >= 11 is 2.69. The second-order valence-electron chi connectivity index (χ2n) is 4.31. The minimum Gasteiger partial charge on any atom is -0.349 e. The predicted molar refractivity (Wildman–Crippen MR) is 81.3 cm³/mol. The van der Waals surface area contributed by atoms with Gasteiger partial charge in [-0.1, -0.05) is 0 Å². The second kappa shape index (κ2) is 5.18. The molecule has 7 heteroatoms. The molecule has 0 radical (unpaired) electrons. The van der Waals surface area contributed by atoms with Crippen molar-refractivity contribution in [2.75, 3.05) is 5.32 Å². The fourth-order valence-electron chi connectivity index (χ4n) is 1.85. The number of amides is 1. The normalized spacial score (nSPS) is 10.7. The second-order valence-corrected chi connectivity index (χ2v) is 5.80. The standard InChI is InChI=1S/C13H12N4OS2/c1-8-9(6-20-16-8)12(18)15-13-14-10(7-19-13)11-4-3-5-17(11)2/h3-7H,1-2H3,(H,14,15,18). The van der Waals surface area contributed by atoms with Crippen molar-refractivity contribution in [3.05, 3.63) is 40.3 Å². The Bertz CT molecular complexity index is 756. The molecule has 102 valence electrons. The SMILES string of the molecule is Cc1nscc1C(=O)Nc1nc(-c2cccn2C)cs1. The maximum Gasteiger partial charge on any atom is 0.260 e. The van der Waals surface area contributed by atoms with Crippen molar-refractivity contribution in [1.82, 2.24) is 13.9 Å². The summed E-state index contributed by atoms with van der Waals surface area (Å²) in [5, 5.41) is 7.09.